The van der Waals surface area contributed by atoms with Crippen molar-refractivity contribution in [3.8, 4) is 0 Å². The monoisotopic (exact) mass is 336 g/mol. The lowest BCUT2D eigenvalue weighted by Crippen LogP contribution is -2.33. The van der Waals surface area contributed by atoms with E-state index >= 15 is 0 Å². The lowest BCUT2D eigenvalue weighted by molar-refractivity contribution is 0.0287. The van der Waals surface area contributed by atoms with Crippen LogP contribution in [0.3, 0.4) is 0 Å². The van der Waals surface area contributed by atoms with Gasteiger partial charge >= 0.3 is 11.9 Å². The van der Waals surface area contributed by atoms with Crippen LogP contribution in [0.15, 0.2) is 72.8 Å². The number of epoxide rings is 1. The average Bonchev–Trinajstić information content (AvgIpc) is 3.46. The molecule has 5 nitrogen and oxygen atoms in total. The Bertz CT molecular complexity index is 732. The SMILES string of the molecule is O=C(O[C@H]1C=C[C@H](OC(=O)c2ccccc2)[C@H]2O[C@H]21)c1ccccc1. The molecule has 0 saturated carbocycles. The van der Waals surface area contributed by atoms with Gasteiger partial charge in [-0.25, -0.2) is 9.59 Å². The van der Waals surface area contributed by atoms with Crippen LogP contribution in [0.25, 0.3) is 0 Å². The summed E-state index contributed by atoms with van der Waals surface area (Å²) in [5.41, 5.74) is 0.983. The normalized spacial score (nSPS) is 26.4. The Morgan fingerprint density at radius 3 is 1.48 bits per heavy atom. The van der Waals surface area contributed by atoms with E-state index in [4.69, 9.17) is 14.2 Å². The van der Waals surface area contributed by atoms with Crippen LogP contribution in [0.2, 0.25) is 0 Å². The molecule has 4 atom stereocenters. The number of hydrogen-bond donors (Lipinski definition) is 0. The predicted molar refractivity (Wildman–Crippen MR) is 89.1 cm³/mol. The number of esters is 2. The Balaban J connectivity index is 1.38. The number of carbonyl (C=O) groups is 2. The van der Waals surface area contributed by atoms with E-state index in [2.05, 4.69) is 0 Å². The van der Waals surface area contributed by atoms with Crippen LogP contribution >= 0.6 is 0 Å². The van der Waals surface area contributed by atoms with Crippen molar-refractivity contribution in [2.45, 2.75) is 24.4 Å². The number of rotatable bonds is 4. The zero-order chi connectivity index (χ0) is 17.2. The molecule has 2 aromatic rings. The van der Waals surface area contributed by atoms with Gasteiger partial charge in [-0.2, -0.15) is 0 Å². The van der Waals surface area contributed by atoms with Gasteiger partial charge < -0.3 is 14.2 Å². The summed E-state index contributed by atoms with van der Waals surface area (Å²) in [6.07, 6.45) is 1.96. The van der Waals surface area contributed by atoms with E-state index in [1.165, 1.54) is 0 Å². The standard InChI is InChI=1S/C20H16O5/c21-19(13-7-3-1-4-8-13)23-15-11-12-16(18-17(15)25-18)24-20(22)14-9-5-2-6-10-14/h1-12,15-18H/t15-,16-,17-,18+/m0/s1. The van der Waals surface area contributed by atoms with Gasteiger partial charge in [0, 0.05) is 0 Å². The quantitative estimate of drug-likeness (QED) is 0.488. The first-order valence-electron chi connectivity index (χ1n) is 8.08. The fourth-order valence-electron chi connectivity index (χ4n) is 2.85. The molecular formula is C20H16O5. The van der Waals surface area contributed by atoms with Gasteiger partial charge in [0.25, 0.3) is 0 Å². The van der Waals surface area contributed by atoms with E-state index in [0.29, 0.717) is 11.1 Å². The summed E-state index contributed by atoms with van der Waals surface area (Å²) in [6.45, 7) is 0. The maximum absolute atomic E-state index is 12.1. The largest absolute Gasteiger partial charge is 0.452 e. The molecule has 1 fully saturated rings. The van der Waals surface area contributed by atoms with Crippen molar-refractivity contribution in [1.82, 2.24) is 0 Å². The molecule has 5 heteroatoms. The Morgan fingerprint density at radius 2 is 1.08 bits per heavy atom. The summed E-state index contributed by atoms with van der Waals surface area (Å²) in [4.78, 5) is 24.2. The minimum Gasteiger partial charge on any atom is -0.452 e. The summed E-state index contributed by atoms with van der Waals surface area (Å²) < 4.78 is 16.5. The molecule has 0 bridgehead atoms. The summed E-state index contributed by atoms with van der Waals surface area (Å²) in [5.74, 6) is -0.798. The topological polar surface area (TPSA) is 65.1 Å². The first kappa shape index (κ1) is 15.6. The summed E-state index contributed by atoms with van der Waals surface area (Å²) in [7, 11) is 0. The van der Waals surface area contributed by atoms with Gasteiger partial charge in [-0.05, 0) is 36.4 Å². The third-order valence-electron chi connectivity index (χ3n) is 4.20. The van der Waals surface area contributed by atoms with E-state index in [1.807, 2.05) is 12.1 Å². The van der Waals surface area contributed by atoms with Gasteiger partial charge in [0.1, 0.15) is 24.4 Å². The second-order valence-corrected chi connectivity index (χ2v) is 5.92. The van der Waals surface area contributed by atoms with Gasteiger partial charge in [0.2, 0.25) is 0 Å². The molecule has 4 rings (SSSR count). The highest BCUT2D eigenvalue weighted by atomic mass is 16.7. The van der Waals surface area contributed by atoms with Gasteiger partial charge in [0.05, 0.1) is 11.1 Å². The number of benzene rings is 2. The predicted octanol–water partition coefficient (Wildman–Crippen LogP) is 2.77. The molecule has 0 aromatic heterocycles. The number of hydrogen-bond acceptors (Lipinski definition) is 5. The van der Waals surface area contributed by atoms with Crippen molar-refractivity contribution in [3.63, 3.8) is 0 Å². The van der Waals surface area contributed by atoms with E-state index in [-0.39, 0.29) is 12.2 Å². The number of ether oxygens (including phenoxy) is 3. The van der Waals surface area contributed by atoms with Crippen LogP contribution in [0.4, 0.5) is 0 Å². The molecule has 126 valence electrons. The lowest BCUT2D eigenvalue weighted by Gasteiger charge is -2.19. The van der Waals surface area contributed by atoms with Crippen molar-refractivity contribution in [2.24, 2.45) is 0 Å². The molecule has 1 aliphatic heterocycles. The van der Waals surface area contributed by atoms with Gasteiger partial charge in [-0.3, -0.25) is 0 Å². The van der Waals surface area contributed by atoms with E-state index in [0.717, 1.165) is 0 Å². The van der Waals surface area contributed by atoms with Crippen molar-refractivity contribution >= 4 is 11.9 Å². The van der Waals surface area contributed by atoms with Gasteiger partial charge in [0.15, 0.2) is 0 Å². The smallest absolute Gasteiger partial charge is 0.338 e. The molecular weight excluding hydrogens is 320 g/mol. The molecule has 0 radical (unpaired) electrons. The molecule has 0 unspecified atom stereocenters. The molecule has 1 heterocycles. The molecule has 0 amide bonds. The Labute approximate surface area is 144 Å². The maximum atomic E-state index is 12.1. The van der Waals surface area contributed by atoms with Crippen LogP contribution in [0.5, 0.6) is 0 Å². The first-order chi connectivity index (χ1) is 12.2. The van der Waals surface area contributed by atoms with Gasteiger partial charge in [-0.1, -0.05) is 36.4 Å². The molecule has 1 aliphatic carbocycles. The second kappa shape index (κ2) is 6.53. The highest BCUT2D eigenvalue weighted by Crippen LogP contribution is 2.37. The molecule has 0 N–H and O–H groups in total. The summed E-state index contributed by atoms with van der Waals surface area (Å²) in [5, 5.41) is 0. The van der Waals surface area contributed by atoms with Crippen LogP contribution < -0.4 is 0 Å². The van der Waals surface area contributed by atoms with E-state index < -0.39 is 24.1 Å². The van der Waals surface area contributed by atoms with Crippen LogP contribution in [0, 0.1) is 0 Å². The summed E-state index contributed by atoms with van der Waals surface area (Å²) in [6, 6.07) is 17.6. The first-order valence-corrected chi connectivity index (χ1v) is 8.08. The molecule has 2 aliphatic rings. The molecule has 2 aromatic carbocycles. The molecule has 1 saturated heterocycles. The Hall–Kier alpha value is -2.92. The second-order valence-electron chi connectivity index (χ2n) is 5.92. The highest BCUT2D eigenvalue weighted by Gasteiger charge is 2.54. The van der Waals surface area contributed by atoms with E-state index in [1.54, 1.807) is 60.7 Å². The van der Waals surface area contributed by atoms with E-state index in [9.17, 15) is 9.59 Å². The number of carbonyl (C=O) groups excluding carboxylic acids is 2. The van der Waals surface area contributed by atoms with Crippen LogP contribution in [0.1, 0.15) is 20.7 Å². The van der Waals surface area contributed by atoms with Crippen LogP contribution in [-0.4, -0.2) is 36.4 Å². The van der Waals surface area contributed by atoms with Crippen molar-refractivity contribution in [1.29, 1.82) is 0 Å². The van der Waals surface area contributed by atoms with Gasteiger partial charge in [-0.15, -0.1) is 0 Å². The average molecular weight is 336 g/mol. The Kier molecular flexibility index (Phi) is 4.07. The summed E-state index contributed by atoms with van der Waals surface area (Å²) >= 11 is 0. The maximum Gasteiger partial charge on any atom is 0.338 e. The Morgan fingerprint density at radius 1 is 0.680 bits per heavy atom. The van der Waals surface area contributed by atoms with Crippen molar-refractivity contribution in [3.05, 3.63) is 83.9 Å². The fraction of sp³-hybridized carbons (Fsp3) is 0.200. The molecule has 0 spiro atoms. The zero-order valence-corrected chi connectivity index (χ0v) is 13.3. The van der Waals surface area contributed by atoms with Crippen LogP contribution in [-0.2, 0) is 14.2 Å². The van der Waals surface area contributed by atoms with Crippen molar-refractivity contribution in [2.75, 3.05) is 0 Å². The third kappa shape index (κ3) is 3.32. The number of fused-ring (bicyclic) bond motifs is 1. The molecule has 25 heavy (non-hydrogen) atoms. The minimum absolute atomic E-state index is 0.272. The minimum atomic E-state index is -0.468. The highest BCUT2D eigenvalue weighted by molar-refractivity contribution is 5.90. The van der Waals surface area contributed by atoms with Crippen molar-refractivity contribution < 1.29 is 23.8 Å². The zero-order valence-electron chi connectivity index (χ0n) is 13.3. The lowest BCUT2D eigenvalue weighted by atomic mass is 10.0. The third-order valence-corrected chi connectivity index (χ3v) is 4.20. The fourth-order valence-corrected chi connectivity index (χ4v) is 2.85.